The SMILES string of the molecule is CCCCN(CCCC)N=O.CN(C)N=O. The molecule has 0 bridgehead atoms. The summed E-state index contributed by atoms with van der Waals surface area (Å²) in [7, 11) is 3.15. The standard InChI is InChI=1S/C8H18N2O.C2H6N2O/c1-3-5-7-10(9-11)8-6-4-2;1-4(2)3-5/h3-8H2,1-2H3;1-2H3. The van der Waals surface area contributed by atoms with Gasteiger partial charge in [0.2, 0.25) is 0 Å². The van der Waals surface area contributed by atoms with Crippen molar-refractivity contribution in [2.45, 2.75) is 39.5 Å². The molecule has 0 fully saturated rings. The fourth-order valence-electron chi connectivity index (χ4n) is 0.875. The molecule has 0 aliphatic rings. The second-order valence-corrected chi connectivity index (χ2v) is 3.67. The number of hydrogen-bond acceptors (Lipinski definition) is 4. The van der Waals surface area contributed by atoms with Crippen LogP contribution in [0.1, 0.15) is 39.5 Å². The summed E-state index contributed by atoms with van der Waals surface area (Å²) in [6.45, 7) is 5.87. The molecule has 0 spiro atoms. The van der Waals surface area contributed by atoms with Gasteiger partial charge in [0.05, 0.1) is 10.6 Å². The molecule has 0 amide bonds. The maximum atomic E-state index is 10.2. The zero-order chi connectivity index (χ0) is 12.8. The lowest BCUT2D eigenvalue weighted by molar-refractivity contribution is 0.274. The smallest absolute Gasteiger partial charge is 0.0523 e. The lowest BCUT2D eigenvalue weighted by Crippen LogP contribution is -2.18. The third-order valence-corrected chi connectivity index (χ3v) is 1.82. The maximum Gasteiger partial charge on any atom is 0.0523 e. The minimum Gasteiger partial charge on any atom is -0.267 e. The van der Waals surface area contributed by atoms with Gasteiger partial charge in [-0.2, -0.15) is 0 Å². The highest BCUT2D eigenvalue weighted by atomic mass is 16.3. The zero-order valence-corrected chi connectivity index (χ0v) is 10.8. The molecule has 0 atom stereocenters. The fraction of sp³-hybridized carbons (Fsp3) is 1.00. The lowest BCUT2D eigenvalue weighted by atomic mass is 10.3. The minimum absolute atomic E-state index is 0.819. The van der Waals surface area contributed by atoms with Crippen molar-refractivity contribution in [1.29, 1.82) is 0 Å². The van der Waals surface area contributed by atoms with Gasteiger partial charge in [0.1, 0.15) is 0 Å². The fourth-order valence-corrected chi connectivity index (χ4v) is 0.875. The number of nitroso groups, excluding NO2 is 2. The van der Waals surface area contributed by atoms with Crippen LogP contribution in [0.15, 0.2) is 10.6 Å². The van der Waals surface area contributed by atoms with Crippen LogP contribution in [0.25, 0.3) is 0 Å². The van der Waals surface area contributed by atoms with E-state index >= 15 is 0 Å². The first-order chi connectivity index (χ1) is 7.62. The summed E-state index contributed by atoms with van der Waals surface area (Å²) in [4.78, 5) is 19.4. The summed E-state index contributed by atoms with van der Waals surface area (Å²) in [6, 6.07) is 0. The topological polar surface area (TPSA) is 65.3 Å². The van der Waals surface area contributed by atoms with Crippen LogP contribution in [-0.2, 0) is 0 Å². The molecule has 6 nitrogen and oxygen atoms in total. The molecule has 0 aromatic carbocycles. The van der Waals surface area contributed by atoms with Crippen LogP contribution in [0.2, 0.25) is 0 Å². The van der Waals surface area contributed by atoms with Gasteiger partial charge >= 0.3 is 0 Å². The third-order valence-electron chi connectivity index (χ3n) is 1.82. The number of nitrogens with zero attached hydrogens (tertiary/aromatic N) is 4. The summed E-state index contributed by atoms with van der Waals surface area (Å²) >= 11 is 0. The molecule has 0 radical (unpaired) electrons. The van der Waals surface area contributed by atoms with Gasteiger partial charge in [-0.3, -0.25) is 10.0 Å². The van der Waals surface area contributed by atoms with Crippen LogP contribution >= 0.6 is 0 Å². The Morgan fingerprint density at radius 3 is 1.44 bits per heavy atom. The summed E-state index contributed by atoms with van der Waals surface area (Å²) in [5.74, 6) is 0. The first-order valence-corrected chi connectivity index (χ1v) is 5.71. The molecule has 0 unspecified atom stereocenters. The Morgan fingerprint density at radius 1 is 0.875 bits per heavy atom. The second kappa shape index (κ2) is 13.8. The first-order valence-electron chi connectivity index (χ1n) is 5.71. The highest BCUT2D eigenvalue weighted by Crippen LogP contribution is 1.98. The Bertz CT molecular complexity index is 157. The molecule has 16 heavy (non-hydrogen) atoms. The molecule has 0 aromatic heterocycles. The molecule has 0 N–H and O–H groups in total. The summed E-state index contributed by atoms with van der Waals surface area (Å²) < 4.78 is 0. The van der Waals surface area contributed by atoms with Crippen molar-refractivity contribution in [2.75, 3.05) is 27.2 Å². The highest BCUT2D eigenvalue weighted by molar-refractivity contribution is 4.50. The highest BCUT2D eigenvalue weighted by Gasteiger charge is 1.99. The quantitative estimate of drug-likeness (QED) is 0.477. The predicted molar refractivity (Wildman–Crippen MR) is 66.7 cm³/mol. The van der Waals surface area contributed by atoms with E-state index in [0.29, 0.717) is 0 Å². The Balaban J connectivity index is 0. The van der Waals surface area contributed by atoms with E-state index in [0.717, 1.165) is 38.8 Å². The molecule has 0 heterocycles. The van der Waals surface area contributed by atoms with E-state index in [2.05, 4.69) is 24.4 Å². The molecule has 0 aliphatic heterocycles. The monoisotopic (exact) mass is 232 g/mol. The molecule has 0 aromatic rings. The molecule has 6 heteroatoms. The maximum absolute atomic E-state index is 10.2. The zero-order valence-electron chi connectivity index (χ0n) is 10.8. The summed E-state index contributed by atoms with van der Waals surface area (Å²) in [5, 5.41) is 8.23. The van der Waals surface area contributed by atoms with E-state index in [-0.39, 0.29) is 0 Å². The van der Waals surface area contributed by atoms with Gasteiger partial charge in [0.15, 0.2) is 0 Å². The molecule has 0 aliphatic carbocycles. The van der Waals surface area contributed by atoms with Gasteiger partial charge in [-0.1, -0.05) is 26.7 Å². The van der Waals surface area contributed by atoms with Gasteiger partial charge in [0.25, 0.3) is 0 Å². The Kier molecular flexibility index (Phi) is 14.8. The van der Waals surface area contributed by atoms with Crippen LogP contribution in [0.4, 0.5) is 0 Å². The first kappa shape index (κ1) is 17.2. The molecular weight excluding hydrogens is 208 g/mol. The van der Waals surface area contributed by atoms with E-state index in [1.54, 1.807) is 19.1 Å². The van der Waals surface area contributed by atoms with Crippen molar-refractivity contribution in [3.8, 4) is 0 Å². The molecule has 96 valence electrons. The molecule has 0 rings (SSSR count). The van der Waals surface area contributed by atoms with Gasteiger partial charge < -0.3 is 0 Å². The Labute approximate surface area is 97.9 Å². The molecular formula is C10H24N4O2. The van der Waals surface area contributed by atoms with Crippen LogP contribution < -0.4 is 0 Å². The van der Waals surface area contributed by atoms with E-state index in [1.165, 1.54) is 5.01 Å². The van der Waals surface area contributed by atoms with Crippen LogP contribution in [0.3, 0.4) is 0 Å². The number of hydrogen-bond donors (Lipinski definition) is 0. The van der Waals surface area contributed by atoms with Gasteiger partial charge in [0, 0.05) is 27.2 Å². The van der Waals surface area contributed by atoms with Crippen molar-refractivity contribution >= 4 is 0 Å². The van der Waals surface area contributed by atoms with Gasteiger partial charge in [-0.15, -0.1) is 9.81 Å². The Morgan fingerprint density at radius 2 is 1.25 bits per heavy atom. The third kappa shape index (κ3) is 15.3. The van der Waals surface area contributed by atoms with E-state index in [4.69, 9.17) is 0 Å². The summed E-state index contributed by atoms with van der Waals surface area (Å²) in [5.41, 5.74) is 0. The largest absolute Gasteiger partial charge is 0.267 e. The minimum atomic E-state index is 0.819. The van der Waals surface area contributed by atoms with Crippen LogP contribution in [0.5, 0.6) is 0 Å². The normalized spacial score (nSPS) is 8.75. The van der Waals surface area contributed by atoms with E-state index in [1.807, 2.05) is 0 Å². The van der Waals surface area contributed by atoms with Gasteiger partial charge in [-0.05, 0) is 12.8 Å². The number of rotatable bonds is 8. The van der Waals surface area contributed by atoms with E-state index < -0.39 is 0 Å². The Hall–Kier alpha value is -1.20. The summed E-state index contributed by atoms with van der Waals surface area (Å²) in [6.07, 6.45) is 4.38. The van der Waals surface area contributed by atoms with Crippen molar-refractivity contribution in [3.05, 3.63) is 9.81 Å². The molecule has 0 saturated heterocycles. The van der Waals surface area contributed by atoms with Crippen LogP contribution in [0, 0.1) is 9.81 Å². The van der Waals surface area contributed by atoms with Crippen molar-refractivity contribution in [2.24, 2.45) is 10.6 Å². The predicted octanol–water partition coefficient (Wildman–Crippen LogP) is 2.80. The van der Waals surface area contributed by atoms with E-state index in [9.17, 15) is 9.81 Å². The van der Waals surface area contributed by atoms with Crippen molar-refractivity contribution in [1.82, 2.24) is 10.0 Å². The number of unbranched alkanes of at least 4 members (excludes halogenated alkanes) is 2. The van der Waals surface area contributed by atoms with Gasteiger partial charge in [-0.25, -0.2) is 0 Å². The molecule has 0 saturated carbocycles. The van der Waals surface area contributed by atoms with Crippen molar-refractivity contribution in [3.63, 3.8) is 0 Å². The average Bonchev–Trinajstić information content (AvgIpc) is 2.30. The second-order valence-electron chi connectivity index (χ2n) is 3.67. The lowest BCUT2D eigenvalue weighted by Gasteiger charge is -2.13. The van der Waals surface area contributed by atoms with Crippen LogP contribution in [-0.4, -0.2) is 37.2 Å². The average molecular weight is 232 g/mol. The van der Waals surface area contributed by atoms with Crippen molar-refractivity contribution < 1.29 is 0 Å².